The van der Waals surface area contributed by atoms with Crippen LogP contribution < -0.4 is 0 Å². The summed E-state index contributed by atoms with van der Waals surface area (Å²) in [5.74, 6) is -2.70. The number of nitrogens with zero attached hydrogens (tertiary/aromatic N) is 2. The number of Topliss-reactive ketones (excluding diaryl/α,β-unsaturated/α-hetero) is 1. The van der Waals surface area contributed by atoms with Crippen LogP contribution in [0.1, 0.15) is 12.5 Å². The second-order valence-electron chi connectivity index (χ2n) is 4.79. The summed E-state index contributed by atoms with van der Waals surface area (Å²) in [5.41, 5.74) is 0.217. The number of halogens is 1. The summed E-state index contributed by atoms with van der Waals surface area (Å²) in [5, 5.41) is 18.5. The largest absolute Gasteiger partial charge is 0.505 e. The molecule has 0 atom stereocenters. The molecule has 0 saturated heterocycles. The van der Waals surface area contributed by atoms with Gasteiger partial charge in [-0.15, -0.1) is 5.11 Å². The van der Waals surface area contributed by atoms with Crippen LogP contribution in [0, 0.1) is 0 Å². The number of carbonyl (C=O) groups excluding carboxylic acids is 2. The van der Waals surface area contributed by atoms with Crippen LogP contribution in [-0.4, -0.2) is 23.5 Å². The Morgan fingerprint density at radius 1 is 1.08 bits per heavy atom. The maximum absolute atomic E-state index is 12.3. The molecule has 0 unspecified atom stereocenters. The number of ketones is 1. The smallest absolute Gasteiger partial charge is 0.381 e. The van der Waals surface area contributed by atoms with Gasteiger partial charge in [0.25, 0.3) is 5.78 Å². The lowest BCUT2D eigenvalue weighted by Gasteiger charge is -2.05. The number of rotatable bonds is 6. The summed E-state index contributed by atoms with van der Waals surface area (Å²) in [6.07, 6.45) is 0. The molecule has 0 aliphatic heterocycles. The third-order valence-electron chi connectivity index (χ3n) is 3.04. The molecule has 0 aliphatic carbocycles. The zero-order chi connectivity index (χ0) is 18.2. The zero-order valence-electron chi connectivity index (χ0n) is 13.3. The number of aliphatic hydroxyl groups is 1. The number of benzene rings is 2. The first kappa shape index (κ1) is 18.4. The zero-order valence-corrected chi connectivity index (χ0v) is 14.1. The lowest BCUT2D eigenvalue weighted by Crippen LogP contribution is -2.19. The van der Waals surface area contributed by atoms with Crippen LogP contribution in [0.5, 0.6) is 0 Å². The highest BCUT2D eigenvalue weighted by Crippen LogP contribution is 2.22. The molecule has 1 N–H and O–H groups in total. The monoisotopic (exact) mass is 358 g/mol. The van der Waals surface area contributed by atoms with E-state index in [9.17, 15) is 14.7 Å². The molecule has 0 bridgehead atoms. The van der Waals surface area contributed by atoms with Gasteiger partial charge in [-0.1, -0.05) is 29.8 Å². The van der Waals surface area contributed by atoms with Crippen LogP contribution in [0.25, 0.3) is 5.76 Å². The molecule has 2 rings (SSSR count). The number of aliphatic hydroxyl groups excluding tert-OH is 1. The van der Waals surface area contributed by atoms with E-state index >= 15 is 0 Å². The molecular weight excluding hydrogens is 344 g/mol. The van der Waals surface area contributed by atoms with Crippen molar-refractivity contribution in [2.24, 2.45) is 10.2 Å². The summed E-state index contributed by atoms with van der Waals surface area (Å²) in [4.78, 5) is 24.0. The molecule has 6 nitrogen and oxygen atoms in total. The Morgan fingerprint density at radius 3 is 2.32 bits per heavy atom. The fourth-order valence-electron chi connectivity index (χ4n) is 1.84. The molecule has 2 aromatic carbocycles. The first-order valence-electron chi connectivity index (χ1n) is 7.40. The van der Waals surface area contributed by atoms with Crippen LogP contribution in [0.15, 0.2) is 70.5 Å². The van der Waals surface area contributed by atoms with E-state index < -0.39 is 23.2 Å². The van der Waals surface area contributed by atoms with Crippen molar-refractivity contribution >= 4 is 34.8 Å². The quantitative estimate of drug-likeness (QED) is 0.271. The van der Waals surface area contributed by atoms with E-state index in [0.29, 0.717) is 10.7 Å². The van der Waals surface area contributed by atoms with Crippen LogP contribution in [0.2, 0.25) is 5.02 Å². The predicted octanol–water partition coefficient (Wildman–Crippen LogP) is 4.48. The Kier molecular flexibility index (Phi) is 6.42. The summed E-state index contributed by atoms with van der Waals surface area (Å²) < 4.78 is 4.69. The van der Waals surface area contributed by atoms with Crippen molar-refractivity contribution in [2.75, 3.05) is 6.61 Å². The van der Waals surface area contributed by atoms with Crippen LogP contribution in [0.3, 0.4) is 0 Å². The van der Waals surface area contributed by atoms with Gasteiger partial charge in [-0.25, -0.2) is 4.79 Å². The van der Waals surface area contributed by atoms with Crippen LogP contribution in [-0.2, 0) is 14.3 Å². The minimum Gasteiger partial charge on any atom is -0.505 e. The van der Waals surface area contributed by atoms with Crippen molar-refractivity contribution < 1.29 is 19.4 Å². The third kappa shape index (κ3) is 4.99. The molecule has 0 heterocycles. The Balaban J connectivity index is 2.45. The molecule has 0 spiro atoms. The van der Waals surface area contributed by atoms with E-state index in [1.165, 1.54) is 24.3 Å². The topological polar surface area (TPSA) is 88.3 Å². The van der Waals surface area contributed by atoms with Crippen molar-refractivity contribution in [2.45, 2.75) is 6.92 Å². The summed E-state index contributed by atoms with van der Waals surface area (Å²) in [6, 6.07) is 14.7. The number of esters is 1. The van der Waals surface area contributed by atoms with Crippen molar-refractivity contribution in [1.82, 2.24) is 0 Å². The fourth-order valence-corrected chi connectivity index (χ4v) is 1.97. The second kappa shape index (κ2) is 8.75. The van der Waals surface area contributed by atoms with E-state index in [-0.39, 0.29) is 12.2 Å². The molecule has 0 aliphatic rings. The molecule has 0 radical (unpaired) electrons. The number of ether oxygens (including phenoxy) is 1. The van der Waals surface area contributed by atoms with Crippen LogP contribution in [0.4, 0.5) is 5.69 Å². The summed E-state index contributed by atoms with van der Waals surface area (Å²) in [7, 11) is 0. The number of hydrogen-bond acceptors (Lipinski definition) is 6. The molecule has 0 saturated carbocycles. The molecular formula is C18H15ClN2O4. The maximum Gasteiger partial charge on any atom is 0.381 e. The van der Waals surface area contributed by atoms with Gasteiger partial charge in [0.05, 0.1) is 12.3 Å². The van der Waals surface area contributed by atoms with Crippen molar-refractivity contribution in [3.8, 4) is 0 Å². The number of azo groups is 1. The molecule has 2 aromatic rings. The standard InChI is InChI=1S/C18H15ClN2O4/c1-2-25-18(24)17(23)15(21-20-14-6-4-3-5-7-14)16(22)12-8-10-13(19)11-9-12/h3-11,22H,2H2,1H3. The molecule has 128 valence electrons. The highest BCUT2D eigenvalue weighted by molar-refractivity contribution is 6.41. The summed E-state index contributed by atoms with van der Waals surface area (Å²) in [6.45, 7) is 1.59. The van der Waals surface area contributed by atoms with Crippen molar-refractivity contribution in [3.05, 3.63) is 70.9 Å². The minimum absolute atomic E-state index is 0.0232. The molecule has 0 aromatic heterocycles. The maximum atomic E-state index is 12.3. The Labute approximate surface area is 149 Å². The molecule has 0 fully saturated rings. The first-order valence-corrected chi connectivity index (χ1v) is 7.78. The number of carbonyl (C=O) groups is 2. The van der Waals surface area contributed by atoms with E-state index in [1.807, 2.05) is 0 Å². The molecule has 0 amide bonds. The van der Waals surface area contributed by atoms with Gasteiger partial charge in [0.1, 0.15) is 0 Å². The van der Waals surface area contributed by atoms with E-state index in [2.05, 4.69) is 15.0 Å². The van der Waals surface area contributed by atoms with Gasteiger partial charge in [-0.2, -0.15) is 5.11 Å². The summed E-state index contributed by atoms with van der Waals surface area (Å²) >= 11 is 5.81. The van der Waals surface area contributed by atoms with E-state index in [1.54, 1.807) is 37.3 Å². The van der Waals surface area contributed by atoms with Gasteiger partial charge in [-0.3, -0.25) is 4.79 Å². The highest BCUT2D eigenvalue weighted by atomic mass is 35.5. The lowest BCUT2D eigenvalue weighted by molar-refractivity contribution is -0.151. The van der Waals surface area contributed by atoms with Gasteiger partial charge in [0.2, 0.25) is 0 Å². The third-order valence-corrected chi connectivity index (χ3v) is 3.29. The van der Waals surface area contributed by atoms with Crippen molar-refractivity contribution in [1.29, 1.82) is 0 Å². The fraction of sp³-hybridized carbons (Fsp3) is 0.111. The van der Waals surface area contributed by atoms with Gasteiger partial charge in [0, 0.05) is 10.6 Å². The van der Waals surface area contributed by atoms with Gasteiger partial charge < -0.3 is 9.84 Å². The lowest BCUT2D eigenvalue weighted by atomic mass is 10.1. The van der Waals surface area contributed by atoms with Crippen molar-refractivity contribution in [3.63, 3.8) is 0 Å². The minimum atomic E-state index is -1.12. The SMILES string of the molecule is CCOC(=O)C(=O)C(N=Nc1ccccc1)=C(O)c1ccc(Cl)cc1. The normalized spacial score (nSPS) is 11.9. The predicted molar refractivity (Wildman–Crippen MR) is 93.6 cm³/mol. The van der Waals surface area contributed by atoms with E-state index in [0.717, 1.165) is 0 Å². The van der Waals surface area contributed by atoms with Gasteiger partial charge >= 0.3 is 5.97 Å². The van der Waals surface area contributed by atoms with E-state index in [4.69, 9.17) is 11.6 Å². The first-order chi connectivity index (χ1) is 12.0. The molecule has 7 heteroatoms. The molecule has 25 heavy (non-hydrogen) atoms. The Hall–Kier alpha value is -2.99. The average molecular weight is 359 g/mol. The van der Waals surface area contributed by atoms with Gasteiger partial charge in [0.15, 0.2) is 11.5 Å². The average Bonchev–Trinajstić information content (AvgIpc) is 2.63. The Bertz CT molecular complexity index is 815. The highest BCUT2D eigenvalue weighted by Gasteiger charge is 2.25. The van der Waals surface area contributed by atoms with Crippen LogP contribution >= 0.6 is 11.6 Å². The number of hydrogen-bond donors (Lipinski definition) is 1. The second-order valence-corrected chi connectivity index (χ2v) is 5.23. The van der Waals surface area contributed by atoms with Gasteiger partial charge in [-0.05, 0) is 43.3 Å². The Morgan fingerprint density at radius 2 is 1.72 bits per heavy atom.